The van der Waals surface area contributed by atoms with Crippen molar-refractivity contribution in [3.8, 4) is 0 Å². The molecule has 0 aromatic carbocycles. The number of nitrogens with zero attached hydrogens (tertiary/aromatic N) is 2. The summed E-state index contributed by atoms with van der Waals surface area (Å²) in [7, 11) is 1.42. The number of methoxy groups -OCH3 is 1. The van der Waals surface area contributed by atoms with Gasteiger partial charge < -0.3 is 19.7 Å². The van der Waals surface area contributed by atoms with Gasteiger partial charge in [0.1, 0.15) is 30.3 Å². The summed E-state index contributed by atoms with van der Waals surface area (Å²) < 4.78 is 10.2. The minimum absolute atomic E-state index is 0.210. The van der Waals surface area contributed by atoms with E-state index < -0.39 is 0 Å². The molecule has 0 saturated carbocycles. The number of esters is 1. The molecule has 8 heteroatoms. The summed E-state index contributed by atoms with van der Waals surface area (Å²) in [5, 5.41) is 4.55. The Labute approximate surface area is 163 Å². The summed E-state index contributed by atoms with van der Waals surface area (Å²) in [5.74, 6) is 1.54. The van der Waals surface area contributed by atoms with Gasteiger partial charge in [-0.05, 0) is 31.2 Å². The number of morpholine rings is 1. The number of aryl methyl sites for hydroxylation is 2. The summed E-state index contributed by atoms with van der Waals surface area (Å²) in [4.78, 5) is 25.2. The Kier molecular flexibility index (Phi) is 5.85. The van der Waals surface area contributed by atoms with Crippen LogP contribution in [0, 0.1) is 0 Å². The molecule has 0 spiro atoms. The second-order valence-electron chi connectivity index (χ2n) is 7.17. The highest BCUT2D eigenvalue weighted by Gasteiger charge is 2.23. The van der Waals surface area contributed by atoms with Crippen LogP contribution in [0.25, 0.3) is 10.2 Å². The summed E-state index contributed by atoms with van der Waals surface area (Å²) >= 11 is 1.82. The molecule has 0 radical (unpaired) electrons. The van der Waals surface area contributed by atoms with Crippen LogP contribution in [0.3, 0.4) is 0 Å². The van der Waals surface area contributed by atoms with Gasteiger partial charge in [-0.25, -0.2) is 9.97 Å². The zero-order chi connectivity index (χ0) is 18.6. The number of rotatable bonds is 6. The predicted molar refractivity (Wildman–Crippen MR) is 104 cm³/mol. The van der Waals surface area contributed by atoms with Crippen LogP contribution in [0.1, 0.15) is 35.5 Å². The summed E-state index contributed by atoms with van der Waals surface area (Å²) in [6.07, 6.45) is 5.04. The third-order valence-corrected chi connectivity index (χ3v) is 6.50. The van der Waals surface area contributed by atoms with Crippen LogP contribution in [0.5, 0.6) is 0 Å². The molecule has 2 aromatic heterocycles. The largest absolute Gasteiger partial charge is 0.469 e. The topological polar surface area (TPSA) is 77.8 Å². The van der Waals surface area contributed by atoms with Gasteiger partial charge in [-0.1, -0.05) is 0 Å². The van der Waals surface area contributed by atoms with Crippen LogP contribution in [0.4, 0.5) is 5.82 Å². The average molecular weight is 392 g/mol. The predicted octanol–water partition coefficient (Wildman–Crippen LogP) is 0.960. The number of hydrogen-bond acceptors (Lipinski definition) is 7. The SMILES string of the molecule is COC(=O)CCNc1nc(C[NH+]2CCOCC2)nc2sc3c(c12)CCCC3. The van der Waals surface area contributed by atoms with Crippen LogP contribution in [0.2, 0.25) is 0 Å². The first-order valence-corrected chi connectivity index (χ1v) is 10.6. The zero-order valence-corrected chi connectivity index (χ0v) is 16.6. The number of carbonyl (C=O) groups excluding carboxylic acids is 1. The van der Waals surface area contributed by atoms with Crippen LogP contribution >= 0.6 is 11.3 Å². The van der Waals surface area contributed by atoms with Crippen molar-refractivity contribution < 1.29 is 19.2 Å². The highest BCUT2D eigenvalue weighted by molar-refractivity contribution is 7.19. The number of quaternary nitrogens is 1. The molecule has 7 nitrogen and oxygen atoms in total. The van der Waals surface area contributed by atoms with E-state index in [-0.39, 0.29) is 5.97 Å². The van der Waals surface area contributed by atoms with E-state index >= 15 is 0 Å². The van der Waals surface area contributed by atoms with Gasteiger partial charge in [0.05, 0.1) is 32.1 Å². The Bertz CT molecular complexity index is 817. The highest BCUT2D eigenvalue weighted by atomic mass is 32.1. The summed E-state index contributed by atoms with van der Waals surface area (Å²) in [5.41, 5.74) is 1.41. The van der Waals surface area contributed by atoms with E-state index in [1.54, 1.807) is 0 Å². The standard InChI is InChI=1S/C19H26N4O3S/c1-25-16(24)6-7-20-18-17-13-4-2-3-5-14(13)27-19(17)22-15(21-18)12-23-8-10-26-11-9-23/h2-12H2,1H3,(H,20,21,22)/p+1. The average Bonchev–Trinajstić information content (AvgIpc) is 3.07. The third kappa shape index (κ3) is 4.23. The fraction of sp³-hybridized carbons (Fsp3) is 0.632. The first kappa shape index (κ1) is 18.6. The summed E-state index contributed by atoms with van der Waals surface area (Å²) in [6.45, 7) is 4.92. The van der Waals surface area contributed by atoms with Gasteiger partial charge in [-0.2, -0.15) is 0 Å². The van der Waals surface area contributed by atoms with Crippen LogP contribution in [0.15, 0.2) is 0 Å². The Balaban J connectivity index is 1.62. The molecule has 2 aliphatic rings. The second kappa shape index (κ2) is 8.50. The minimum Gasteiger partial charge on any atom is -0.469 e. The molecule has 0 amide bonds. The first-order chi connectivity index (χ1) is 13.2. The minimum atomic E-state index is -0.210. The number of carbonyl (C=O) groups is 1. The number of anilines is 1. The molecule has 1 saturated heterocycles. The van der Waals surface area contributed by atoms with Crippen LogP contribution < -0.4 is 10.2 Å². The van der Waals surface area contributed by atoms with Gasteiger partial charge in [0.25, 0.3) is 0 Å². The summed E-state index contributed by atoms with van der Waals surface area (Å²) in [6, 6.07) is 0. The normalized spacial score (nSPS) is 17.7. The number of fused-ring (bicyclic) bond motifs is 3. The molecule has 0 bridgehead atoms. The van der Waals surface area contributed by atoms with Crippen molar-refractivity contribution in [2.24, 2.45) is 0 Å². The maximum Gasteiger partial charge on any atom is 0.307 e. The van der Waals surface area contributed by atoms with Crippen LogP contribution in [-0.2, 0) is 33.7 Å². The Morgan fingerprint density at radius 2 is 2.07 bits per heavy atom. The molecular weight excluding hydrogens is 364 g/mol. The molecule has 0 unspecified atom stereocenters. The lowest BCUT2D eigenvalue weighted by Gasteiger charge is -2.23. The lowest BCUT2D eigenvalue weighted by atomic mass is 9.97. The van der Waals surface area contributed by atoms with Crippen molar-refractivity contribution in [1.82, 2.24) is 9.97 Å². The molecular formula is C19H27N4O3S+. The van der Waals surface area contributed by atoms with E-state index in [2.05, 4.69) is 5.32 Å². The maximum absolute atomic E-state index is 11.5. The third-order valence-electron chi connectivity index (χ3n) is 5.32. The Morgan fingerprint density at radius 3 is 2.89 bits per heavy atom. The monoisotopic (exact) mass is 391 g/mol. The van der Waals surface area contributed by atoms with E-state index in [4.69, 9.17) is 19.4 Å². The van der Waals surface area contributed by atoms with E-state index in [9.17, 15) is 4.79 Å². The zero-order valence-electron chi connectivity index (χ0n) is 15.8. The number of nitrogens with one attached hydrogen (secondary N) is 2. The molecule has 146 valence electrons. The molecule has 2 N–H and O–H groups in total. The van der Waals surface area contributed by atoms with Gasteiger partial charge >= 0.3 is 5.97 Å². The lowest BCUT2D eigenvalue weighted by molar-refractivity contribution is -0.922. The van der Waals surface area contributed by atoms with E-state index in [1.165, 1.54) is 40.7 Å². The maximum atomic E-state index is 11.5. The van der Waals surface area contributed by atoms with E-state index in [1.807, 2.05) is 11.3 Å². The van der Waals surface area contributed by atoms with Crippen LogP contribution in [-0.4, -0.2) is 55.9 Å². The van der Waals surface area contributed by atoms with Gasteiger partial charge in [0.2, 0.25) is 0 Å². The number of thiophene rings is 1. The van der Waals surface area contributed by atoms with Crippen molar-refractivity contribution in [3.05, 3.63) is 16.3 Å². The Morgan fingerprint density at radius 1 is 1.26 bits per heavy atom. The molecule has 27 heavy (non-hydrogen) atoms. The molecule has 0 atom stereocenters. The van der Waals surface area contributed by atoms with E-state index in [0.717, 1.165) is 62.2 Å². The number of ether oxygens (including phenoxy) is 2. The van der Waals surface area contributed by atoms with Gasteiger partial charge in [0, 0.05) is 11.4 Å². The van der Waals surface area contributed by atoms with Crippen molar-refractivity contribution >= 4 is 33.3 Å². The molecule has 1 aliphatic carbocycles. The quantitative estimate of drug-likeness (QED) is 0.715. The lowest BCUT2D eigenvalue weighted by Crippen LogP contribution is -3.12. The van der Waals surface area contributed by atoms with E-state index in [0.29, 0.717) is 13.0 Å². The molecule has 1 aliphatic heterocycles. The molecule has 3 heterocycles. The number of aromatic nitrogens is 2. The fourth-order valence-corrected chi connectivity index (χ4v) is 5.13. The second-order valence-corrected chi connectivity index (χ2v) is 8.26. The fourth-order valence-electron chi connectivity index (χ4n) is 3.85. The first-order valence-electron chi connectivity index (χ1n) is 9.77. The van der Waals surface area contributed by atoms with Crippen molar-refractivity contribution in [3.63, 3.8) is 0 Å². The highest BCUT2D eigenvalue weighted by Crippen LogP contribution is 2.38. The Hall–Kier alpha value is -1.77. The molecule has 2 aromatic rings. The smallest absolute Gasteiger partial charge is 0.307 e. The van der Waals surface area contributed by atoms with Crippen molar-refractivity contribution in [2.45, 2.75) is 38.6 Å². The van der Waals surface area contributed by atoms with Gasteiger partial charge in [0.15, 0.2) is 5.82 Å². The number of hydrogen-bond donors (Lipinski definition) is 2. The molecule has 1 fully saturated rings. The van der Waals surface area contributed by atoms with Crippen molar-refractivity contribution in [2.75, 3.05) is 45.3 Å². The molecule has 4 rings (SSSR count). The van der Waals surface area contributed by atoms with Gasteiger partial charge in [-0.3, -0.25) is 4.79 Å². The van der Waals surface area contributed by atoms with Crippen molar-refractivity contribution in [1.29, 1.82) is 0 Å². The van der Waals surface area contributed by atoms with Gasteiger partial charge in [-0.15, -0.1) is 11.3 Å².